The number of aliphatic carboxylic acids is 1. The first kappa shape index (κ1) is 25.9. The minimum absolute atomic E-state index is 0.0880. The zero-order chi connectivity index (χ0) is 26.6. The first-order chi connectivity index (χ1) is 18.4. The van der Waals surface area contributed by atoms with Gasteiger partial charge in [0, 0.05) is 18.5 Å². The normalized spacial score (nSPS) is 18.2. The standard InChI is InChI=1S/C31H32FNO5/c1-20-11-12-23-18-33(27(31(35)36)17-26(23)28(20)37-19-21-7-3-2-4-8-21)30(34)29(38-25-9-5-6-10-25)22-13-15-24(32)16-14-22/h2-4,7-8,11-16,25,27,29H,5-6,9-10,17-19H2,1H3,(H,35,36)/t27-,29-/m0/s1. The van der Waals surface area contributed by atoms with Gasteiger partial charge in [-0.05, 0) is 54.2 Å². The highest BCUT2D eigenvalue weighted by Crippen LogP contribution is 2.37. The lowest BCUT2D eigenvalue weighted by molar-refractivity contribution is -0.160. The van der Waals surface area contributed by atoms with Crippen LogP contribution in [0.5, 0.6) is 5.75 Å². The predicted octanol–water partition coefficient (Wildman–Crippen LogP) is 5.75. The summed E-state index contributed by atoms with van der Waals surface area (Å²) in [6, 6.07) is 18.3. The summed E-state index contributed by atoms with van der Waals surface area (Å²) in [5.74, 6) is -1.25. The van der Waals surface area contributed by atoms with Crippen molar-refractivity contribution < 1.29 is 28.6 Å². The van der Waals surface area contributed by atoms with Gasteiger partial charge in [0.1, 0.15) is 24.2 Å². The lowest BCUT2D eigenvalue weighted by Gasteiger charge is -2.38. The van der Waals surface area contributed by atoms with Gasteiger partial charge < -0.3 is 19.5 Å². The number of ether oxygens (including phenoxy) is 2. The van der Waals surface area contributed by atoms with E-state index in [4.69, 9.17) is 9.47 Å². The van der Waals surface area contributed by atoms with E-state index in [9.17, 15) is 19.1 Å². The van der Waals surface area contributed by atoms with Crippen molar-refractivity contribution in [3.8, 4) is 5.75 Å². The van der Waals surface area contributed by atoms with Gasteiger partial charge in [-0.3, -0.25) is 4.79 Å². The van der Waals surface area contributed by atoms with E-state index in [-0.39, 0.29) is 19.1 Å². The van der Waals surface area contributed by atoms with E-state index >= 15 is 0 Å². The third-order valence-corrected chi connectivity index (χ3v) is 7.49. The first-order valence-electron chi connectivity index (χ1n) is 13.1. The van der Waals surface area contributed by atoms with Crippen molar-refractivity contribution >= 4 is 11.9 Å². The van der Waals surface area contributed by atoms with Gasteiger partial charge in [-0.2, -0.15) is 0 Å². The van der Waals surface area contributed by atoms with Crippen LogP contribution in [0.1, 0.15) is 59.6 Å². The molecular formula is C31H32FNO5. The Morgan fingerprint density at radius 3 is 2.42 bits per heavy atom. The maximum atomic E-state index is 14.0. The minimum Gasteiger partial charge on any atom is -0.488 e. The summed E-state index contributed by atoms with van der Waals surface area (Å²) in [6.45, 7) is 2.42. The summed E-state index contributed by atoms with van der Waals surface area (Å²) in [5.41, 5.74) is 4.11. The molecule has 1 N–H and O–H groups in total. The topological polar surface area (TPSA) is 76.1 Å². The second-order valence-corrected chi connectivity index (χ2v) is 10.1. The van der Waals surface area contributed by atoms with Gasteiger partial charge in [0.05, 0.1) is 6.10 Å². The molecular weight excluding hydrogens is 485 g/mol. The lowest BCUT2D eigenvalue weighted by Crippen LogP contribution is -2.50. The van der Waals surface area contributed by atoms with Crippen molar-refractivity contribution in [2.75, 3.05) is 0 Å². The molecule has 198 valence electrons. The summed E-state index contributed by atoms with van der Waals surface area (Å²) in [4.78, 5) is 27.8. The molecule has 0 saturated heterocycles. The van der Waals surface area contributed by atoms with Crippen LogP contribution < -0.4 is 4.74 Å². The van der Waals surface area contributed by atoms with Crippen molar-refractivity contribution in [2.24, 2.45) is 0 Å². The number of carboxylic acids is 1. The minimum atomic E-state index is -1.08. The van der Waals surface area contributed by atoms with Gasteiger partial charge in [0.15, 0.2) is 6.10 Å². The van der Waals surface area contributed by atoms with Crippen LogP contribution in [0.4, 0.5) is 4.39 Å². The first-order valence-corrected chi connectivity index (χ1v) is 13.1. The number of aryl methyl sites for hydroxylation is 1. The fourth-order valence-corrected chi connectivity index (χ4v) is 5.42. The summed E-state index contributed by atoms with van der Waals surface area (Å²) >= 11 is 0. The summed E-state index contributed by atoms with van der Waals surface area (Å²) in [5, 5.41) is 10.2. The molecule has 2 atom stereocenters. The largest absolute Gasteiger partial charge is 0.488 e. The number of amides is 1. The van der Waals surface area contributed by atoms with Gasteiger partial charge in [0.25, 0.3) is 5.91 Å². The molecule has 0 aromatic heterocycles. The molecule has 3 aromatic rings. The Balaban J connectivity index is 1.45. The number of hydrogen-bond acceptors (Lipinski definition) is 4. The number of carbonyl (C=O) groups excluding carboxylic acids is 1. The highest BCUT2D eigenvalue weighted by Gasteiger charge is 2.40. The second-order valence-electron chi connectivity index (χ2n) is 10.1. The second kappa shape index (κ2) is 11.4. The Hall–Kier alpha value is -3.71. The molecule has 0 bridgehead atoms. The highest BCUT2D eigenvalue weighted by molar-refractivity contribution is 5.88. The predicted molar refractivity (Wildman–Crippen MR) is 140 cm³/mol. The molecule has 6 nitrogen and oxygen atoms in total. The van der Waals surface area contributed by atoms with Crippen molar-refractivity contribution in [1.82, 2.24) is 4.90 Å². The Morgan fingerprint density at radius 1 is 1.03 bits per heavy atom. The Labute approximate surface area is 222 Å². The SMILES string of the molecule is Cc1ccc2c(c1OCc1ccccc1)C[C@@H](C(=O)O)N(C(=O)[C@@H](OC1CCCC1)c1ccc(F)cc1)C2. The molecule has 1 aliphatic heterocycles. The zero-order valence-corrected chi connectivity index (χ0v) is 21.4. The summed E-state index contributed by atoms with van der Waals surface area (Å²) < 4.78 is 26.1. The Kier molecular flexibility index (Phi) is 7.74. The third-order valence-electron chi connectivity index (χ3n) is 7.49. The fraction of sp³-hybridized carbons (Fsp3) is 0.355. The Bertz CT molecular complexity index is 1290. The summed E-state index contributed by atoms with van der Waals surface area (Å²) in [6.07, 6.45) is 2.78. The van der Waals surface area contributed by atoms with Crippen LogP contribution in [0, 0.1) is 12.7 Å². The van der Waals surface area contributed by atoms with Crippen molar-refractivity contribution in [2.45, 2.75) is 70.4 Å². The van der Waals surface area contributed by atoms with Crippen LogP contribution in [0.25, 0.3) is 0 Å². The molecule has 3 aromatic carbocycles. The molecule has 2 aliphatic rings. The van der Waals surface area contributed by atoms with E-state index in [0.29, 0.717) is 17.9 Å². The van der Waals surface area contributed by atoms with Gasteiger partial charge >= 0.3 is 5.97 Å². The zero-order valence-electron chi connectivity index (χ0n) is 21.4. The van der Waals surface area contributed by atoms with Gasteiger partial charge in [-0.1, -0.05) is 67.4 Å². The van der Waals surface area contributed by atoms with E-state index in [2.05, 4.69) is 0 Å². The molecule has 1 aliphatic carbocycles. The van der Waals surface area contributed by atoms with Crippen LogP contribution in [-0.2, 0) is 33.9 Å². The number of carbonyl (C=O) groups is 2. The number of benzene rings is 3. The molecule has 1 amide bonds. The number of fused-ring (bicyclic) bond motifs is 1. The number of carboxylic acid groups (broad SMARTS) is 1. The van der Waals surface area contributed by atoms with Gasteiger partial charge in [0.2, 0.25) is 0 Å². The van der Waals surface area contributed by atoms with E-state index in [0.717, 1.165) is 47.9 Å². The maximum absolute atomic E-state index is 14.0. The molecule has 5 rings (SSSR count). The van der Waals surface area contributed by atoms with Crippen LogP contribution in [0.3, 0.4) is 0 Å². The molecule has 0 radical (unpaired) electrons. The van der Waals surface area contributed by atoms with E-state index < -0.39 is 29.8 Å². The third kappa shape index (κ3) is 5.58. The molecule has 38 heavy (non-hydrogen) atoms. The molecule has 1 heterocycles. The smallest absolute Gasteiger partial charge is 0.326 e. The number of halogens is 1. The van der Waals surface area contributed by atoms with E-state index in [1.165, 1.54) is 17.0 Å². The summed E-state index contributed by atoms with van der Waals surface area (Å²) in [7, 11) is 0. The monoisotopic (exact) mass is 517 g/mol. The van der Waals surface area contributed by atoms with Gasteiger partial charge in [-0.25, -0.2) is 9.18 Å². The van der Waals surface area contributed by atoms with Crippen LogP contribution >= 0.6 is 0 Å². The highest BCUT2D eigenvalue weighted by atomic mass is 19.1. The van der Waals surface area contributed by atoms with Crippen LogP contribution in [-0.4, -0.2) is 34.0 Å². The lowest BCUT2D eigenvalue weighted by atomic mass is 9.90. The fourth-order valence-electron chi connectivity index (χ4n) is 5.42. The molecule has 1 fully saturated rings. The average molecular weight is 518 g/mol. The van der Waals surface area contributed by atoms with Crippen LogP contribution in [0.15, 0.2) is 66.7 Å². The maximum Gasteiger partial charge on any atom is 0.326 e. The number of rotatable bonds is 8. The van der Waals surface area contributed by atoms with Crippen molar-refractivity contribution in [3.05, 3.63) is 100 Å². The molecule has 1 saturated carbocycles. The van der Waals surface area contributed by atoms with Crippen molar-refractivity contribution in [1.29, 1.82) is 0 Å². The molecule has 7 heteroatoms. The van der Waals surface area contributed by atoms with Gasteiger partial charge in [-0.15, -0.1) is 0 Å². The quantitative estimate of drug-likeness (QED) is 0.412. The Morgan fingerprint density at radius 2 is 1.74 bits per heavy atom. The van der Waals surface area contributed by atoms with E-state index in [1.54, 1.807) is 12.1 Å². The number of hydrogen-bond donors (Lipinski definition) is 1. The number of nitrogens with zero attached hydrogens (tertiary/aromatic N) is 1. The van der Waals surface area contributed by atoms with Crippen LogP contribution in [0.2, 0.25) is 0 Å². The molecule has 0 spiro atoms. The molecule has 0 unspecified atom stereocenters. The van der Waals surface area contributed by atoms with E-state index in [1.807, 2.05) is 49.4 Å². The van der Waals surface area contributed by atoms with Crippen molar-refractivity contribution in [3.63, 3.8) is 0 Å². The average Bonchev–Trinajstić information content (AvgIpc) is 3.44.